The highest BCUT2D eigenvalue weighted by molar-refractivity contribution is 6.33. The molecule has 0 bridgehead atoms. The molecule has 1 aromatic carbocycles. The van der Waals surface area contributed by atoms with Crippen LogP contribution in [0.1, 0.15) is 12.5 Å². The van der Waals surface area contributed by atoms with Gasteiger partial charge in [-0.25, -0.2) is 0 Å². The molecule has 7 heteroatoms. The monoisotopic (exact) mass is 297 g/mol. The van der Waals surface area contributed by atoms with Crippen molar-refractivity contribution >= 4 is 28.9 Å². The van der Waals surface area contributed by atoms with Crippen molar-refractivity contribution in [1.29, 1.82) is 0 Å². The van der Waals surface area contributed by atoms with Crippen LogP contribution in [-0.2, 0) is 4.79 Å². The molecule has 20 heavy (non-hydrogen) atoms. The van der Waals surface area contributed by atoms with E-state index in [0.717, 1.165) is 6.54 Å². The van der Waals surface area contributed by atoms with Gasteiger partial charge in [-0.1, -0.05) is 18.5 Å². The summed E-state index contributed by atoms with van der Waals surface area (Å²) in [7, 11) is 0. The van der Waals surface area contributed by atoms with Crippen molar-refractivity contribution in [3.8, 4) is 0 Å². The highest BCUT2D eigenvalue weighted by atomic mass is 35.5. The lowest BCUT2D eigenvalue weighted by molar-refractivity contribution is -0.384. The van der Waals surface area contributed by atoms with E-state index in [2.05, 4.69) is 10.6 Å². The van der Waals surface area contributed by atoms with Gasteiger partial charge in [0.2, 0.25) is 5.91 Å². The van der Waals surface area contributed by atoms with Gasteiger partial charge in [0.25, 0.3) is 5.69 Å². The van der Waals surface area contributed by atoms with Crippen molar-refractivity contribution in [3.05, 3.63) is 32.8 Å². The van der Waals surface area contributed by atoms with Crippen LogP contribution in [-0.4, -0.2) is 23.9 Å². The molecule has 2 rings (SSSR count). The first-order valence-electron chi connectivity index (χ1n) is 6.36. The molecule has 108 valence electrons. The summed E-state index contributed by atoms with van der Waals surface area (Å²) < 4.78 is 0. The molecule has 2 N–H and O–H groups in total. The zero-order valence-corrected chi connectivity index (χ0v) is 12.0. The first kappa shape index (κ1) is 14.7. The minimum absolute atomic E-state index is 0.0218. The third-order valence-corrected chi connectivity index (χ3v) is 3.91. The van der Waals surface area contributed by atoms with Gasteiger partial charge in [-0.2, -0.15) is 0 Å². The molecule has 1 fully saturated rings. The second kappa shape index (κ2) is 5.76. The molecule has 1 aliphatic heterocycles. The molecule has 0 radical (unpaired) electrons. The lowest BCUT2D eigenvalue weighted by Crippen LogP contribution is -2.28. The third kappa shape index (κ3) is 2.91. The number of hydrogen-bond acceptors (Lipinski definition) is 4. The van der Waals surface area contributed by atoms with Crippen LogP contribution in [0.25, 0.3) is 0 Å². The van der Waals surface area contributed by atoms with E-state index < -0.39 is 4.92 Å². The number of carbonyl (C=O) groups excluding carboxylic acids is 1. The molecule has 0 aliphatic carbocycles. The summed E-state index contributed by atoms with van der Waals surface area (Å²) in [4.78, 5) is 22.4. The molecule has 1 amide bonds. The molecule has 6 nitrogen and oxygen atoms in total. The number of aryl methyl sites for hydroxylation is 1. The van der Waals surface area contributed by atoms with Crippen LogP contribution in [0.15, 0.2) is 12.1 Å². The second-order valence-electron chi connectivity index (χ2n) is 5.11. The number of benzene rings is 1. The van der Waals surface area contributed by atoms with Gasteiger partial charge < -0.3 is 10.6 Å². The van der Waals surface area contributed by atoms with E-state index in [-0.39, 0.29) is 28.5 Å². The number of nitrogens with one attached hydrogen (secondary N) is 2. The van der Waals surface area contributed by atoms with Gasteiger partial charge in [-0.15, -0.1) is 0 Å². The summed E-state index contributed by atoms with van der Waals surface area (Å²) in [6.45, 7) is 5.18. The van der Waals surface area contributed by atoms with Crippen LogP contribution in [0.2, 0.25) is 5.02 Å². The maximum absolute atomic E-state index is 12.2. The van der Waals surface area contributed by atoms with Crippen LogP contribution >= 0.6 is 11.6 Å². The molecule has 1 saturated heterocycles. The van der Waals surface area contributed by atoms with E-state index in [1.165, 1.54) is 12.1 Å². The third-order valence-electron chi connectivity index (χ3n) is 3.60. The average molecular weight is 298 g/mol. The molecule has 1 aromatic rings. The van der Waals surface area contributed by atoms with Gasteiger partial charge in [0.15, 0.2) is 0 Å². The number of carbonyl (C=O) groups is 1. The van der Waals surface area contributed by atoms with Gasteiger partial charge in [0, 0.05) is 18.3 Å². The zero-order valence-electron chi connectivity index (χ0n) is 11.3. The van der Waals surface area contributed by atoms with Gasteiger partial charge in [0.05, 0.1) is 10.8 Å². The Balaban J connectivity index is 2.19. The summed E-state index contributed by atoms with van der Waals surface area (Å²) in [6, 6.07) is 2.80. The van der Waals surface area contributed by atoms with Gasteiger partial charge in [-0.05, 0) is 31.0 Å². The largest absolute Gasteiger partial charge is 0.325 e. The second-order valence-corrected chi connectivity index (χ2v) is 5.51. The van der Waals surface area contributed by atoms with E-state index in [4.69, 9.17) is 11.6 Å². The Morgan fingerprint density at radius 3 is 2.75 bits per heavy atom. The van der Waals surface area contributed by atoms with Crippen molar-refractivity contribution in [2.24, 2.45) is 11.8 Å². The number of hydrogen-bond donors (Lipinski definition) is 2. The van der Waals surface area contributed by atoms with E-state index in [0.29, 0.717) is 17.8 Å². The van der Waals surface area contributed by atoms with E-state index in [1.54, 1.807) is 6.92 Å². The van der Waals surface area contributed by atoms with E-state index >= 15 is 0 Å². The van der Waals surface area contributed by atoms with Crippen molar-refractivity contribution in [2.75, 3.05) is 18.4 Å². The minimum Gasteiger partial charge on any atom is -0.325 e. The quantitative estimate of drug-likeness (QED) is 0.662. The van der Waals surface area contributed by atoms with Crippen LogP contribution in [0.3, 0.4) is 0 Å². The lowest BCUT2D eigenvalue weighted by atomic mass is 9.97. The first-order valence-corrected chi connectivity index (χ1v) is 6.74. The SMILES string of the molecule is Cc1cc([N+](=O)[O-])c(Cl)cc1NC(=O)C1CNCC1C. The fraction of sp³-hybridized carbons (Fsp3) is 0.462. The van der Waals surface area contributed by atoms with E-state index in [9.17, 15) is 14.9 Å². The van der Waals surface area contributed by atoms with Crippen LogP contribution in [0, 0.1) is 28.9 Å². The Labute approximate surface area is 121 Å². The molecule has 2 unspecified atom stereocenters. The fourth-order valence-corrected chi connectivity index (χ4v) is 2.56. The predicted molar refractivity (Wildman–Crippen MR) is 77.0 cm³/mol. The molecular formula is C13H16ClN3O3. The highest BCUT2D eigenvalue weighted by Gasteiger charge is 2.30. The molecule has 0 spiro atoms. The number of nitro benzene ring substituents is 1. The molecular weight excluding hydrogens is 282 g/mol. The fourth-order valence-electron chi connectivity index (χ4n) is 2.33. The highest BCUT2D eigenvalue weighted by Crippen LogP contribution is 2.31. The molecule has 1 aliphatic rings. The number of anilines is 1. The summed E-state index contributed by atoms with van der Waals surface area (Å²) in [5, 5.41) is 16.8. The number of nitrogens with zero attached hydrogens (tertiary/aromatic N) is 1. The first-order chi connectivity index (χ1) is 9.40. The predicted octanol–water partition coefficient (Wildman–Crippen LogP) is 2.35. The summed E-state index contributed by atoms with van der Waals surface area (Å²) in [6.07, 6.45) is 0. The van der Waals surface area contributed by atoms with Gasteiger partial charge in [0.1, 0.15) is 5.02 Å². The Morgan fingerprint density at radius 1 is 1.50 bits per heavy atom. The summed E-state index contributed by atoms with van der Waals surface area (Å²) >= 11 is 5.86. The smallest absolute Gasteiger partial charge is 0.288 e. The summed E-state index contributed by atoms with van der Waals surface area (Å²) in [5.41, 5.74) is 0.982. The van der Waals surface area contributed by atoms with E-state index in [1.807, 2.05) is 6.92 Å². The average Bonchev–Trinajstić information content (AvgIpc) is 2.79. The zero-order chi connectivity index (χ0) is 14.9. The number of nitro groups is 1. The molecule has 0 aromatic heterocycles. The Morgan fingerprint density at radius 2 is 2.20 bits per heavy atom. The Bertz CT molecular complexity index is 562. The Hall–Kier alpha value is -1.66. The normalized spacial score (nSPS) is 21.8. The lowest BCUT2D eigenvalue weighted by Gasteiger charge is -2.15. The van der Waals surface area contributed by atoms with Crippen molar-refractivity contribution < 1.29 is 9.72 Å². The van der Waals surface area contributed by atoms with Crippen LogP contribution in [0.4, 0.5) is 11.4 Å². The van der Waals surface area contributed by atoms with Gasteiger partial charge in [-0.3, -0.25) is 14.9 Å². The molecule has 1 heterocycles. The van der Waals surface area contributed by atoms with Crippen LogP contribution < -0.4 is 10.6 Å². The standard InChI is InChI=1S/C13H16ClN3O3/c1-7-3-12(17(19)20)10(14)4-11(7)16-13(18)9-6-15-5-8(9)2/h3-4,8-9,15H,5-6H2,1-2H3,(H,16,18). The summed E-state index contributed by atoms with van der Waals surface area (Å²) in [5.74, 6) is 0.0858. The van der Waals surface area contributed by atoms with Crippen molar-refractivity contribution in [3.63, 3.8) is 0 Å². The molecule has 0 saturated carbocycles. The number of rotatable bonds is 3. The topological polar surface area (TPSA) is 84.3 Å². The maximum Gasteiger partial charge on any atom is 0.288 e. The molecule has 2 atom stereocenters. The Kier molecular flexibility index (Phi) is 4.25. The van der Waals surface area contributed by atoms with Crippen LogP contribution in [0.5, 0.6) is 0 Å². The number of amides is 1. The van der Waals surface area contributed by atoms with Gasteiger partial charge >= 0.3 is 0 Å². The number of halogens is 1. The minimum atomic E-state index is -0.538. The maximum atomic E-state index is 12.2. The van der Waals surface area contributed by atoms with Crippen molar-refractivity contribution in [2.45, 2.75) is 13.8 Å². The van der Waals surface area contributed by atoms with Crippen molar-refractivity contribution in [1.82, 2.24) is 5.32 Å².